The van der Waals surface area contributed by atoms with E-state index >= 15 is 0 Å². The number of hydrogen-bond donors (Lipinski definition) is 1. The van der Waals surface area contributed by atoms with E-state index in [-0.39, 0.29) is 5.82 Å². The fourth-order valence-electron chi connectivity index (χ4n) is 3.05. The molecule has 0 atom stereocenters. The van der Waals surface area contributed by atoms with Gasteiger partial charge in [-0.3, -0.25) is 0 Å². The van der Waals surface area contributed by atoms with Crippen LogP contribution in [0.15, 0.2) is 55.0 Å². The number of anilines is 1. The Balaban J connectivity index is 1.70. The van der Waals surface area contributed by atoms with Gasteiger partial charge in [-0.05, 0) is 29.7 Å². The molecule has 0 fully saturated rings. The highest BCUT2D eigenvalue weighted by Gasteiger charge is 2.20. The molecule has 0 aliphatic carbocycles. The molecule has 3 nitrogen and oxygen atoms in total. The van der Waals surface area contributed by atoms with Gasteiger partial charge in [-0.1, -0.05) is 30.3 Å². The number of benzene rings is 2. The van der Waals surface area contributed by atoms with Gasteiger partial charge in [0.05, 0.1) is 18.6 Å². The molecule has 0 unspecified atom stereocenters. The zero-order valence-electron chi connectivity index (χ0n) is 12.1. The van der Waals surface area contributed by atoms with Crippen LogP contribution < -0.4 is 4.90 Å². The highest BCUT2D eigenvalue weighted by molar-refractivity contribution is 5.72. The minimum Gasteiger partial charge on any atom is -0.365 e. The Morgan fingerprint density at radius 2 is 2.09 bits per heavy atom. The van der Waals surface area contributed by atoms with Crippen molar-refractivity contribution in [3.63, 3.8) is 0 Å². The van der Waals surface area contributed by atoms with Crippen LogP contribution in [0, 0.1) is 5.82 Å². The first kappa shape index (κ1) is 13.1. The molecule has 0 bridgehead atoms. The van der Waals surface area contributed by atoms with Gasteiger partial charge in [0, 0.05) is 24.0 Å². The van der Waals surface area contributed by atoms with Gasteiger partial charge in [0.2, 0.25) is 0 Å². The molecule has 0 amide bonds. The van der Waals surface area contributed by atoms with E-state index in [0.29, 0.717) is 5.56 Å². The maximum atomic E-state index is 14.0. The molecular weight excluding hydrogens is 277 g/mol. The summed E-state index contributed by atoms with van der Waals surface area (Å²) >= 11 is 0. The lowest BCUT2D eigenvalue weighted by atomic mass is 10.0. The number of fused-ring (bicyclic) bond motifs is 1. The van der Waals surface area contributed by atoms with Gasteiger partial charge in [-0.15, -0.1) is 0 Å². The first-order valence-electron chi connectivity index (χ1n) is 7.42. The first-order chi connectivity index (χ1) is 10.8. The van der Waals surface area contributed by atoms with E-state index in [1.807, 2.05) is 24.4 Å². The molecule has 0 radical (unpaired) electrons. The lowest BCUT2D eigenvalue weighted by molar-refractivity contribution is 0.631. The molecule has 110 valence electrons. The number of halogens is 1. The van der Waals surface area contributed by atoms with E-state index in [1.165, 1.54) is 17.3 Å². The average molecular weight is 293 g/mol. The van der Waals surface area contributed by atoms with Crippen molar-refractivity contribution < 1.29 is 4.39 Å². The Bertz CT molecular complexity index is 796. The average Bonchev–Trinajstić information content (AvgIpc) is 3.18. The number of nitrogens with zero attached hydrogens (tertiary/aromatic N) is 2. The number of rotatable bonds is 3. The summed E-state index contributed by atoms with van der Waals surface area (Å²) in [6.07, 6.45) is 4.64. The predicted molar refractivity (Wildman–Crippen MR) is 85.2 cm³/mol. The summed E-state index contributed by atoms with van der Waals surface area (Å²) in [4.78, 5) is 9.58. The third-order valence-electron chi connectivity index (χ3n) is 4.17. The van der Waals surface area contributed by atoms with E-state index in [4.69, 9.17) is 0 Å². The smallest absolute Gasteiger partial charge is 0.131 e. The van der Waals surface area contributed by atoms with Gasteiger partial charge in [0.15, 0.2) is 0 Å². The normalized spacial score (nSPS) is 13.4. The van der Waals surface area contributed by atoms with Crippen LogP contribution in [0.2, 0.25) is 0 Å². The monoisotopic (exact) mass is 293 g/mol. The maximum Gasteiger partial charge on any atom is 0.131 e. The fourth-order valence-corrected chi connectivity index (χ4v) is 3.05. The Hall–Kier alpha value is -2.62. The van der Waals surface area contributed by atoms with Crippen molar-refractivity contribution in [2.24, 2.45) is 0 Å². The second-order valence-corrected chi connectivity index (χ2v) is 5.56. The van der Waals surface area contributed by atoms with Crippen LogP contribution in [0.5, 0.6) is 0 Å². The Labute approximate surface area is 128 Å². The van der Waals surface area contributed by atoms with Crippen molar-refractivity contribution in [3.8, 4) is 11.1 Å². The molecule has 2 heterocycles. The van der Waals surface area contributed by atoms with Crippen LogP contribution >= 0.6 is 0 Å². The van der Waals surface area contributed by atoms with Crippen LogP contribution in [0.1, 0.15) is 11.3 Å². The van der Waals surface area contributed by atoms with E-state index in [0.717, 1.165) is 30.8 Å². The molecule has 1 N–H and O–H groups in total. The lowest BCUT2D eigenvalue weighted by Gasteiger charge is -2.19. The molecule has 3 aromatic rings. The summed E-state index contributed by atoms with van der Waals surface area (Å²) in [5.41, 5.74) is 5.09. The van der Waals surface area contributed by atoms with E-state index in [2.05, 4.69) is 27.0 Å². The molecule has 4 rings (SSSR count). The van der Waals surface area contributed by atoms with Gasteiger partial charge >= 0.3 is 0 Å². The van der Waals surface area contributed by atoms with Crippen molar-refractivity contribution >= 4 is 5.69 Å². The zero-order chi connectivity index (χ0) is 14.9. The summed E-state index contributed by atoms with van der Waals surface area (Å²) < 4.78 is 14.0. The Morgan fingerprint density at radius 1 is 1.18 bits per heavy atom. The zero-order valence-corrected chi connectivity index (χ0v) is 12.1. The summed E-state index contributed by atoms with van der Waals surface area (Å²) in [7, 11) is 0. The highest BCUT2D eigenvalue weighted by atomic mass is 19.1. The number of hydrogen-bond acceptors (Lipinski definition) is 2. The number of aromatic amines is 1. The minimum absolute atomic E-state index is 0.181. The lowest BCUT2D eigenvalue weighted by Crippen LogP contribution is -2.19. The standard InChI is InChI=1S/C18H16FN3/c19-17-4-2-1-3-16(17)14-6-5-13-7-8-22(18(13)9-14)11-15-10-20-12-21-15/h1-6,9-10,12H,7-8,11H2,(H,20,21). The Morgan fingerprint density at radius 3 is 2.91 bits per heavy atom. The molecule has 1 aliphatic heterocycles. The molecule has 1 aromatic heterocycles. The van der Waals surface area contributed by atoms with Crippen LogP contribution in [0.25, 0.3) is 11.1 Å². The van der Waals surface area contributed by atoms with Crippen LogP contribution in [-0.2, 0) is 13.0 Å². The molecule has 22 heavy (non-hydrogen) atoms. The van der Waals surface area contributed by atoms with Crippen molar-refractivity contribution in [1.82, 2.24) is 9.97 Å². The van der Waals surface area contributed by atoms with Crippen molar-refractivity contribution in [1.29, 1.82) is 0 Å². The van der Waals surface area contributed by atoms with Crippen molar-refractivity contribution in [2.45, 2.75) is 13.0 Å². The van der Waals surface area contributed by atoms with E-state index in [1.54, 1.807) is 12.4 Å². The summed E-state index contributed by atoms with van der Waals surface area (Å²) in [5, 5.41) is 0. The van der Waals surface area contributed by atoms with Gasteiger partial charge < -0.3 is 9.88 Å². The molecule has 2 aromatic carbocycles. The molecule has 0 saturated carbocycles. The number of imidazole rings is 1. The SMILES string of the molecule is Fc1ccccc1-c1ccc2c(c1)N(Cc1c[nH]cn1)CC2. The number of nitrogens with one attached hydrogen (secondary N) is 1. The predicted octanol–water partition coefficient (Wildman–Crippen LogP) is 3.78. The number of H-pyrrole nitrogens is 1. The van der Waals surface area contributed by atoms with Gasteiger partial charge in [0.1, 0.15) is 5.82 Å². The van der Waals surface area contributed by atoms with Crippen LogP contribution in [0.3, 0.4) is 0 Å². The van der Waals surface area contributed by atoms with Gasteiger partial charge in [-0.25, -0.2) is 9.37 Å². The third-order valence-corrected chi connectivity index (χ3v) is 4.17. The van der Waals surface area contributed by atoms with Crippen LogP contribution in [-0.4, -0.2) is 16.5 Å². The molecule has 1 aliphatic rings. The maximum absolute atomic E-state index is 14.0. The van der Waals surface area contributed by atoms with E-state index < -0.39 is 0 Å². The summed E-state index contributed by atoms with van der Waals surface area (Å²) in [5.74, 6) is -0.181. The largest absolute Gasteiger partial charge is 0.365 e. The van der Waals surface area contributed by atoms with Gasteiger partial charge in [0.25, 0.3) is 0 Å². The summed E-state index contributed by atoms with van der Waals surface area (Å²) in [6, 6.07) is 13.1. The topological polar surface area (TPSA) is 31.9 Å². The highest BCUT2D eigenvalue weighted by Crippen LogP contribution is 2.34. The van der Waals surface area contributed by atoms with E-state index in [9.17, 15) is 4.39 Å². The first-order valence-corrected chi connectivity index (χ1v) is 7.42. The molecule has 4 heteroatoms. The Kier molecular flexibility index (Phi) is 3.15. The van der Waals surface area contributed by atoms with Gasteiger partial charge in [-0.2, -0.15) is 0 Å². The number of aromatic nitrogens is 2. The second kappa shape index (κ2) is 5.30. The third kappa shape index (κ3) is 2.26. The molecule has 0 spiro atoms. The molecule has 0 saturated heterocycles. The minimum atomic E-state index is -0.181. The van der Waals surface area contributed by atoms with Crippen molar-refractivity contribution in [3.05, 3.63) is 72.1 Å². The second-order valence-electron chi connectivity index (χ2n) is 5.56. The fraction of sp³-hybridized carbons (Fsp3) is 0.167. The molecular formula is C18H16FN3. The van der Waals surface area contributed by atoms with Crippen LogP contribution in [0.4, 0.5) is 10.1 Å². The van der Waals surface area contributed by atoms with Crippen molar-refractivity contribution in [2.75, 3.05) is 11.4 Å². The summed E-state index contributed by atoms with van der Waals surface area (Å²) in [6.45, 7) is 1.75. The quantitative estimate of drug-likeness (QED) is 0.797.